The fourth-order valence-corrected chi connectivity index (χ4v) is 1.51. The molecule has 2 bridgehead atoms. The molecule has 0 spiro atoms. The van der Waals surface area contributed by atoms with Gasteiger partial charge in [0.15, 0.2) is 6.29 Å². The average Bonchev–Trinajstić information content (AvgIpc) is 1.99. The molecule has 0 radical (unpaired) electrons. The summed E-state index contributed by atoms with van der Waals surface area (Å²) in [4.78, 5) is 9.96. The van der Waals surface area contributed by atoms with Crippen molar-refractivity contribution in [3.8, 4) is 0 Å². The van der Waals surface area contributed by atoms with E-state index < -0.39 is 0 Å². The lowest BCUT2D eigenvalue weighted by molar-refractivity contribution is -0.441. The maximum absolute atomic E-state index is 5.25. The van der Waals surface area contributed by atoms with Crippen molar-refractivity contribution in [2.75, 3.05) is 6.61 Å². The monoisotopic (exact) mass is 144 g/mol. The van der Waals surface area contributed by atoms with E-state index >= 15 is 0 Å². The van der Waals surface area contributed by atoms with Crippen LogP contribution in [0.1, 0.15) is 19.8 Å². The zero-order valence-electron chi connectivity index (χ0n) is 6.08. The van der Waals surface area contributed by atoms with Gasteiger partial charge in [-0.25, -0.2) is 9.78 Å². The van der Waals surface area contributed by atoms with E-state index in [1.54, 1.807) is 0 Å². The molecule has 3 atom stereocenters. The predicted octanol–water partition coefficient (Wildman–Crippen LogP) is 1.09. The maximum Gasteiger partial charge on any atom is 0.191 e. The minimum Gasteiger partial charge on any atom is -0.350 e. The van der Waals surface area contributed by atoms with Crippen molar-refractivity contribution < 1.29 is 14.5 Å². The topological polar surface area (TPSA) is 27.7 Å². The van der Waals surface area contributed by atoms with Crippen LogP contribution < -0.4 is 0 Å². The van der Waals surface area contributed by atoms with Crippen molar-refractivity contribution >= 4 is 0 Å². The lowest BCUT2D eigenvalue weighted by Gasteiger charge is -2.36. The Kier molecular flexibility index (Phi) is 1.64. The van der Waals surface area contributed by atoms with E-state index in [1.807, 2.05) is 6.92 Å². The van der Waals surface area contributed by atoms with Gasteiger partial charge in [-0.2, -0.15) is 0 Å². The molecule has 0 N–H and O–H groups in total. The molecular weight excluding hydrogens is 132 g/mol. The van der Waals surface area contributed by atoms with Gasteiger partial charge >= 0.3 is 0 Å². The molecule has 2 heterocycles. The summed E-state index contributed by atoms with van der Waals surface area (Å²) < 4.78 is 5.25. The summed E-state index contributed by atoms with van der Waals surface area (Å²) in [5.41, 5.74) is 0. The van der Waals surface area contributed by atoms with Crippen molar-refractivity contribution in [2.24, 2.45) is 5.92 Å². The van der Waals surface area contributed by atoms with Crippen LogP contribution in [0, 0.1) is 5.92 Å². The molecule has 2 fully saturated rings. The third-order valence-electron chi connectivity index (χ3n) is 2.27. The molecule has 0 aromatic carbocycles. The van der Waals surface area contributed by atoms with Gasteiger partial charge in [-0.1, -0.05) is 0 Å². The van der Waals surface area contributed by atoms with Crippen molar-refractivity contribution in [3.05, 3.63) is 0 Å². The van der Waals surface area contributed by atoms with Crippen LogP contribution in [0.25, 0.3) is 0 Å². The Bertz CT molecular complexity index is 124. The molecule has 0 saturated carbocycles. The summed E-state index contributed by atoms with van der Waals surface area (Å²) in [6.07, 6.45) is 2.28. The molecule has 0 unspecified atom stereocenters. The highest BCUT2D eigenvalue weighted by molar-refractivity contribution is 4.73. The molecule has 2 aliphatic rings. The minimum atomic E-state index is -0.0880. The third kappa shape index (κ3) is 1.05. The Hall–Kier alpha value is -0.120. The van der Waals surface area contributed by atoms with Crippen LogP contribution in [0.15, 0.2) is 0 Å². The Balaban J connectivity index is 2.00. The quantitative estimate of drug-likeness (QED) is 0.476. The lowest BCUT2D eigenvalue weighted by atomic mass is 9.94. The molecule has 0 aromatic rings. The van der Waals surface area contributed by atoms with E-state index in [4.69, 9.17) is 14.5 Å². The Morgan fingerprint density at radius 3 is 3.00 bits per heavy atom. The lowest BCUT2D eigenvalue weighted by Crippen LogP contribution is -2.40. The first-order valence-electron chi connectivity index (χ1n) is 3.80. The summed E-state index contributed by atoms with van der Waals surface area (Å²) in [5.74, 6) is 0.646. The van der Waals surface area contributed by atoms with Gasteiger partial charge < -0.3 is 4.74 Å². The summed E-state index contributed by atoms with van der Waals surface area (Å²) in [7, 11) is 0. The van der Waals surface area contributed by atoms with Crippen LogP contribution in [-0.2, 0) is 14.5 Å². The standard InChI is InChI=1S/C7H12O3/c1-5-6-2-3-8-7(4-6)10-9-5/h5-7H,2-4H2,1H3/t5-,6-,7-/m1/s1. The first kappa shape index (κ1) is 6.58. The van der Waals surface area contributed by atoms with E-state index in [1.165, 1.54) is 0 Å². The molecule has 3 heteroatoms. The fourth-order valence-electron chi connectivity index (χ4n) is 1.51. The molecule has 10 heavy (non-hydrogen) atoms. The molecular formula is C7H12O3. The normalized spacial score (nSPS) is 47.1. The molecule has 2 saturated heterocycles. The van der Waals surface area contributed by atoms with E-state index in [0.717, 1.165) is 19.4 Å². The average molecular weight is 144 g/mol. The van der Waals surface area contributed by atoms with Crippen LogP contribution in [0.2, 0.25) is 0 Å². The van der Waals surface area contributed by atoms with E-state index in [9.17, 15) is 0 Å². The predicted molar refractivity (Wildman–Crippen MR) is 34.1 cm³/mol. The van der Waals surface area contributed by atoms with Gasteiger partial charge in [0.2, 0.25) is 0 Å². The second-order valence-electron chi connectivity index (χ2n) is 2.98. The highest BCUT2D eigenvalue weighted by Gasteiger charge is 2.33. The molecule has 2 aliphatic heterocycles. The van der Waals surface area contributed by atoms with E-state index in [0.29, 0.717) is 5.92 Å². The largest absolute Gasteiger partial charge is 0.350 e. The van der Waals surface area contributed by atoms with Crippen LogP contribution in [0.3, 0.4) is 0 Å². The zero-order chi connectivity index (χ0) is 6.97. The zero-order valence-corrected chi connectivity index (χ0v) is 6.08. The molecule has 2 rings (SSSR count). The van der Waals surface area contributed by atoms with Crippen LogP contribution >= 0.6 is 0 Å². The number of hydrogen-bond donors (Lipinski definition) is 0. The maximum atomic E-state index is 5.25. The van der Waals surface area contributed by atoms with Crippen molar-refractivity contribution in [3.63, 3.8) is 0 Å². The van der Waals surface area contributed by atoms with Gasteiger partial charge in [0, 0.05) is 6.42 Å². The highest BCUT2D eigenvalue weighted by Crippen LogP contribution is 2.30. The fraction of sp³-hybridized carbons (Fsp3) is 1.00. The second-order valence-corrected chi connectivity index (χ2v) is 2.98. The summed E-state index contributed by atoms with van der Waals surface area (Å²) in [6, 6.07) is 0. The van der Waals surface area contributed by atoms with Crippen molar-refractivity contribution in [2.45, 2.75) is 32.2 Å². The smallest absolute Gasteiger partial charge is 0.191 e. The van der Waals surface area contributed by atoms with Gasteiger partial charge in [0.1, 0.15) is 0 Å². The highest BCUT2D eigenvalue weighted by atomic mass is 17.2. The van der Waals surface area contributed by atoms with Gasteiger partial charge in [0.25, 0.3) is 0 Å². The van der Waals surface area contributed by atoms with E-state index in [2.05, 4.69) is 0 Å². The van der Waals surface area contributed by atoms with Crippen LogP contribution in [0.5, 0.6) is 0 Å². The van der Waals surface area contributed by atoms with Gasteiger partial charge in [-0.05, 0) is 19.3 Å². The van der Waals surface area contributed by atoms with Crippen LogP contribution in [0.4, 0.5) is 0 Å². The Morgan fingerprint density at radius 1 is 1.30 bits per heavy atom. The molecule has 58 valence electrons. The molecule has 0 aromatic heterocycles. The van der Waals surface area contributed by atoms with Crippen LogP contribution in [-0.4, -0.2) is 19.0 Å². The minimum absolute atomic E-state index is 0.0880. The summed E-state index contributed by atoms with van der Waals surface area (Å²) in [5, 5.41) is 0. The number of ether oxygens (including phenoxy) is 1. The van der Waals surface area contributed by atoms with Gasteiger partial charge in [-0.3, -0.25) is 0 Å². The number of rotatable bonds is 0. The number of fused-ring (bicyclic) bond motifs is 2. The first-order chi connectivity index (χ1) is 4.86. The second kappa shape index (κ2) is 2.49. The summed E-state index contributed by atoms with van der Waals surface area (Å²) in [6.45, 7) is 2.87. The van der Waals surface area contributed by atoms with Crippen molar-refractivity contribution in [1.82, 2.24) is 0 Å². The van der Waals surface area contributed by atoms with Gasteiger partial charge in [-0.15, -0.1) is 0 Å². The Morgan fingerprint density at radius 2 is 2.20 bits per heavy atom. The van der Waals surface area contributed by atoms with E-state index in [-0.39, 0.29) is 12.4 Å². The first-order valence-corrected chi connectivity index (χ1v) is 3.80. The van der Waals surface area contributed by atoms with Crippen molar-refractivity contribution in [1.29, 1.82) is 0 Å². The third-order valence-corrected chi connectivity index (χ3v) is 2.27. The SMILES string of the molecule is C[C@H]1OO[C@@H]2C[C@H]1CCO2. The number of hydrogen-bond acceptors (Lipinski definition) is 3. The molecule has 0 amide bonds. The van der Waals surface area contributed by atoms with Gasteiger partial charge in [0.05, 0.1) is 12.7 Å². The molecule has 3 nitrogen and oxygen atoms in total. The Labute approximate surface area is 60.2 Å². The summed E-state index contributed by atoms with van der Waals surface area (Å²) >= 11 is 0. The molecule has 0 aliphatic carbocycles.